The Bertz CT molecular complexity index is 455. The van der Waals surface area contributed by atoms with Crippen molar-refractivity contribution in [1.82, 2.24) is 14.8 Å². The Morgan fingerprint density at radius 2 is 2.00 bits per heavy atom. The molecule has 0 bridgehead atoms. The Balaban J connectivity index is 1.81. The number of piperazine rings is 1. The van der Waals surface area contributed by atoms with Gasteiger partial charge in [0.2, 0.25) is 11.5 Å². The van der Waals surface area contributed by atoms with Gasteiger partial charge in [-0.3, -0.25) is 14.5 Å². The molecule has 0 spiro atoms. The third-order valence-electron chi connectivity index (χ3n) is 3.44. The number of aromatic nitrogens is 1. The van der Waals surface area contributed by atoms with E-state index in [2.05, 4.69) is 9.88 Å². The van der Waals surface area contributed by atoms with Crippen LogP contribution in [-0.2, 0) is 11.3 Å². The van der Waals surface area contributed by atoms with Gasteiger partial charge in [-0.15, -0.1) is 0 Å². The Labute approximate surface area is 113 Å². The Kier molecular flexibility index (Phi) is 4.74. The van der Waals surface area contributed by atoms with Gasteiger partial charge in [0.05, 0.1) is 0 Å². The monoisotopic (exact) mass is 263 g/mol. The summed E-state index contributed by atoms with van der Waals surface area (Å²) in [4.78, 5) is 29.7. The van der Waals surface area contributed by atoms with E-state index in [0.717, 1.165) is 44.7 Å². The van der Waals surface area contributed by atoms with Gasteiger partial charge < -0.3 is 9.88 Å². The van der Waals surface area contributed by atoms with Crippen LogP contribution in [0.25, 0.3) is 0 Å². The molecule has 19 heavy (non-hydrogen) atoms. The van der Waals surface area contributed by atoms with Crippen molar-refractivity contribution in [3.8, 4) is 0 Å². The van der Waals surface area contributed by atoms with E-state index in [4.69, 9.17) is 0 Å². The summed E-state index contributed by atoms with van der Waals surface area (Å²) in [5.74, 6) is 0.270. The van der Waals surface area contributed by atoms with Crippen molar-refractivity contribution < 1.29 is 4.79 Å². The Hall–Kier alpha value is -1.62. The first-order valence-electron chi connectivity index (χ1n) is 6.87. The second-order valence-electron chi connectivity index (χ2n) is 4.97. The Morgan fingerprint density at radius 3 is 2.58 bits per heavy atom. The van der Waals surface area contributed by atoms with E-state index in [9.17, 15) is 9.59 Å². The normalized spacial score (nSPS) is 16.6. The summed E-state index contributed by atoms with van der Waals surface area (Å²) in [6.45, 7) is 6.27. The lowest BCUT2D eigenvalue weighted by Crippen LogP contribution is -2.48. The molecule has 0 radical (unpaired) electrons. The maximum absolute atomic E-state index is 11.8. The van der Waals surface area contributed by atoms with E-state index >= 15 is 0 Å². The predicted octanol–water partition coefficient (Wildman–Crippen LogP) is 0.819. The number of nitrogens with zero attached hydrogens (tertiary/aromatic N) is 2. The van der Waals surface area contributed by atoms with Gasteiger partial charge in [0.1, 0.15) is 0 Å². The maximum atomic E-state index is 11.8. The molecule has 1 saturated heterocycles. The number of amides is 1. The third-order valence-corrected chi connectivity index (χ3v) is 3.44. The van der Waals surface area contributed by atoms with Crippen LogP contribution in [0, 0.1) is 0 Å². The van der Waals surface area contributed by atoms with Crippen LogP contribution in [0.15, 0.2) is 23.1 Å². The van der Waals surface area contributed by atoms with Crippen molar-refractivity contribution in [2.75, 3.05) is 26.2 Å². The Morgan fingerprint density at radius 1 is 1.26 bits per heavy atom. The van der Waals surface area contributed by atoms with E-state index in [-0.39, 0.29) is 11.5 Å². The quantitative estimate of drug-likeness (QED) is 0.875. The molecular weight excluding hydrogens is 242 g/mol. The number of pyridine rings is 1. The van der Waals surface area contributed by atoms with Crippen LogP contribution in [0.1, 0.15) is 25.3 Å². The summed E-state index contributed by atoms with van der Waals surface area (Å²) >= 11 is 0. The zero-order valence-electron chi connectivity index (χ0n) is 11.4. The van der Waals surface area contributed by atoms with E-state index in [1.807, 2.05) is 17.9 Å². The van der Waals surface area contributed by atoms with Gasteiger partial charge >= 0.3 is 0 Å². The highest BCUT2D eigenvalue weighted by atomic mass is 16.2. The molecule has 2 heterocycles. The molecule has 0 unspecified atom stereocenters. The minimum atomic E-state index is -0.0706. The second kappa shape index (κ2) is 6.52. The third kappa shape index (κ3) is 3.92. The van der Waals surface area contributed by atoms with Gasteiger partial charge in [-0.25, -0.2) is 0 Å². The zero-order chi connectivity index (χ0) is 13.7. The van der Waals surface area contributed by atoms with E-state index in [0.29, 0.717) is 6.42 Å². The number of H-pyrrole nitrogens is 1. The molecule has 0 atom stereocenters. The van der Waals surface area contributed by atoms with Crippen LogP contribution >= 0.6 is 0 Å². The molecule has 5 nitrogen and oxygen atoms in total. The summed E-state index contributed by atoms with van der Waals surface area (Å²) < 4.78 is 0. The summed E-state index contributed by atoms with van der Waals surface area (Å²) in [7, 11) is 0. The standard InChI is InChI=1S/C14H21N3O2/c1-2-3-14(19)17-8-6-16(7-9-17)11-12-4-5-13(18)15-10-12/h4-5,10H,2-3,6-9,11H2,1H3,(H,15,18). The van der Waals surface area contributed by atoms with Crippen molar-refractivity contribution in [3.05, 3.63) is 34.2 Å². The summed E-state index contributed by atoms with van der Waals surface area (Å²) in [5.41, 5.74) is 1.03. The van der Waals surface area contributed by atoms with Crippen LogP contribution in [0.2, 0.25) is 0 Å². The number of hydrogen-bond acceptors (Lipinski definition) is 3. The molecule has 0 saturated carbocycles. The van der Waals surface area contributed by atoms with E-state index in [1.165, 1.54) is 0 Å². The fourth-order valence-corrected chi connectivity index (χ4v) is 2.33. The van der Waals surface area contributed by atoms with Crippen LogP contribution in [-0.4, -0.2) is 46.9 Å². The van der Waals surface area contributed by atoms with Gasteiger partial charge in [0.15, 0.2) is 0 Å². The summed E-state index contributed by atoms with van der Waals surface area (Å²) in [6.07, 6.45) is 3.33. The molecule has 104 valence electrons. The first kappa shape index (κ1) is 13.8. The first-order valence-corrected chi connectivity index (χ1v) is 6.87. The molecule has 1 aromatic heterocycles. The molecule has 5 heteroatoms. The number of rotatable bonds is 4. The van der Waals surface area contributed by atoms with Gasteiger partial charge in [0, 0.05) is 51.4 Å². The van der Waals surface area contributed by atoms with Crippen molar-refractivity contribution in [2.45, 2.75) is 26.3 Å². The van der Waals surface area contributed by atoms with Crippen LogP contribution in [0.4, 0.5) is 0 Å². The van der Waals surface area contributed by atoms with Crippen LogP contribution < -0.4 is 5.56 Å². The predicted molar refractivity (Wildman–Crippen MR) is 73.8 cm³/mol. The average Bonchev–Trinajstić information content (AvgIpc) is 2.42. The summed E-state index contributed by atoms with van der Waals surface area (Å²) in [6, 6.07) is 3.41. The largest absolute Gasteiger partial charge is 0.340 e. The molecule has 1 aliphatic rings. The molecule has 1 fully saturated rings. The van der Waals surface area contributed by atoms with Crippen molar-refractivity contribution in [1.29, 1.82) is 0 Å². The molecule has 1 amide bonds. The fraction of sp³-hybridized carbons (Fsp3) is 0.571. The highest BCUT2D eigenvalue weighted by Crippen LogP contribution is 2.08. The lowest BCUT2D eigenvalue weighted by atomic mass is 10.2. The molecule has 0 aromatic carbocycles. The molecule has 1 N–H and O–H groups in total. The molecule has 0 aliphatic carbocycles. The van der Waals surface area contributed by atoms with Crippen molar-refractivity contribution in [2.24, 2.45) is 0 Å². The number of nitrogens with one attached hydrogen (secondary N) is 1. The number of carbonyl (C=O) groups is 1. The molecule has 1 aliphatic heterocycles. The summed E-state index contributed by atoms with van der Waals surface area (Å²) in [5, 5.41) is 0. The van der Waals surface area contributed by atoms with Crippen LogP contribution in [0.5, 0.6) is 0 Å². The van der Waals surface area contributed by atoms with Gasteiger partial charge in [-0.1, -0.05) is 13.0 Å². The maximum Gasteiger partial charge on any atom is 0.247 e. The molecule has 1 aromatic rings. The fourth-order valence-electron chi connectivity index (χ4n) is 2.33. The molecule has 2 rings (SSSR count). The lowest BCUT2D eigenvalue weighted by Gasteiger charge is -2.34. The minimum Gasteiger partial charge on any atom is -0.340 e. The molecular formula is C14H21N3O2. The van der Waals surface area contributed by atoms with E-state index in [1.54, 1.807) is 12.3 Å². The lowest BCUT2D eigenvalue weighted by molar-refractivity contribution is -0.133. The van der Waals surface area contributed by atoms with Crippen molar-refractivity contribution in [3.63, 3.8) is 0 Å². The average molecular weight is 263 g/mol. The van der Waals surface area contributed by atoms with Crippen molar-refractivity contribution >= 4 is 5.91 Å². The SMILES string of the molecule is CCCC(=O)N1CCN(Cc2ccc(=O)[nH]c2)CC1. The number of carbonyl (C=O) groups excluding carboxylic acids is 1. The highest BCUT2D eigenvalue weighted by molar-refractivity contribution is 5.76. The number of hydrogen-bond donors (Lipinski definition) is 1. The van der Waals surface area contributed by atoms with Gasteiger partial charge in [-0.2, -0.15) is 0 Å². The smallest absolute Gasteiger partial charge is 0.247 e. The zero-order valence-corrected chi connectivity index (χ0v) is 11.4. The number of aromatic amines is 1. The van der Waals surface area contributed by atoms with E-state index < -0.39 is 0 Å². The topological polar surface area (TPSA) is 56.4 Å². The van der Waals surface area contributed by atoms with Gasteiger partial charge in [0.25, 0.3) is 0 Å². The second-order valence-corrected chi connectivity index (χ2v) is 4.97. The minimum absolute atomic E-state index is 0.0706. The first-order chi connectivity index (χ1) is 9.19. The van der Waals surface area contributed by atoms with Crippen LogP contribution in [0.3, 0.4) is 0 Å². The van der Waals surface area contributed by atoms with Gasteiger partial charge in [-0.05, 0) is 12.0 Å². The highest BCUT2D eigenvalue weighted by Gasteiger charge is 2.20.